The Kier molecular flexibility index (Phi) is 3.59. The van der Waals surface area contributed by atoms with E-state index in [0.29, 0.717) is 23.8 Å². The third-order valence-corrected chi connectivity index (χ3v) is 3.13. The number of hydrogen-bond donors (Lipinski definition) is 1. The van der Waals surface area contributed by atoms with E-state index in [9.17, 15) is 4.79 Å². The van der Waals surface area contributed by atoms with Crippen molar-refractivity contribution in [3.05, 3.63) is 34.9 Å². The van der Waals surface area contributed by atoms with E-state index >= 15 is 0 Å². The van der Waals surface area contributed by atoms with Crippen molar-refractivity contribution >= 4 is 17.4 Å². The first kappa shape index (κ1) is 11.6. The van der Waals surface area contributed by atoms with Gasteiger partial charge < -0.3 is 10.1 Å². The van der Waals surface area contributed by atoms with Crippen molar-refractivity contribution in [1.29, 1.82) is 0 Å². The van der Waals surface area contributed by atoms with Gasteiger partial charge in [0.1, 0.15) is 0 Å². The number of hydrogen-bond acceptors (Lipinski definition) is 3. The predicted octanol–water partition coefficient (Wildman–Crippen LogP) is 1.76. The van der Waals surface area contributed by atoms with E-state index in [0.717, 1.165) is 0 Å². The molecule has 0 spiro atoms. The van der Waals surface area contributed by atoms with Crippen molar-refractivity contribution < 1.29 is 9.53 Å². The van der Waals surface area contributed by atoms with E-state index in [-0.39, 0.29) is 17.7 Å². The number of rotatable bonds is 3. The molecule has 0 aromatic heterocycles. The molecule has 0 saturated carbocycles. The van der Waals surface area contributed by atoms with Crippen LogP contribution in [0.3, 0.4) is 0 Å². The van der Waals surface area contributed by atoms with Gasteiger partial charge in [0, 0.05) is 16.6 Å². The summed E-state index contributed by atoms with van der Waals surface area (Å²) in [6, 6.07) is 7.15. The summed E-state index contributed by atoms with van der Waals surface area (Å²) < 4.78 is 5.32. The molecule has 1 aliphatic rings. The molecule has 4 heteroatoms. The van der Waals surface area contributed by atoms with Crippen LogP contribution in [0.5, 0.6) is 0 Å². The highest BCUT2D eigenvalue weighted by atomic mass is 35.5. The Morgan fingerprint density at radius 1 is 1.50 bits per heavy atom. The zero-order valence-corrected chi connectivity index (χ0v) is 9.83. The highest BCUT2D eigenvalue weighted by Gasteiger charge is 2.33. The van der Waals surface area contributed by atoms with Crippen LogP contribution >= 0.6 is 11.6 Å². The minimum atomic E-state index is -0.108. The fraction of sp³-hybridized carbons (Fsp3) is 0.417. The summed E-state index contributed by atoms with van der Waals surface area (Å²) in [7, 11) is 1.84. The number of halogens is 1. The molecule has 1 aliphatic heterocycles. The normalized spacial score (nSPS) is 24.6. The van der Waals surface area contributed by atoms with Crippen LogP contribution in [0.4, 0.5) is 0 Å². The van der Waals surface area contributed by atoms with Gasteiger partial charge in [-0.2, -0.15) is 0 Å². The van der Waals surface area contributed by atoms with Crippen molar-refractivity contribution in [3.63, 3.8) is 0 Å². The summed E-state index contributed by atoms with van der Waals surface area (Å²) in [5.41, 5.74) is 0.656. The molecule has 1 aromatic carbocycles. The van der Waals surface area contributed by atoms with Crippen molar-refractivity contribution in [1.82, 2.24) is 5.32 Å². The number of nitrogens with one attached hydrogen (secondary N) is 1. The van der Waals surface area contributed by atoms with Crippen LogP contribution in [-0.2, 0) is 4.74 Å². The number of Topliss-reactive ketones (excluding diaryl/α,β-unsaturated/α-hetero) is 1. The van der Waals surface area contributed by atoms with Gasteiger partial charge in [-0.3, -0.25) is 4.79 Å². The van der Waals surface area contributed by atoms with Gasteiger partial charge in [0.2, 0.25) is 0 Å². The minimum Gasteiger partial charge on any atom is -0.379 e. The zero-order valence-electron chi connectivity index (χ0n) is 9.07. The molecule has 0 radical (unpaired) electrons. The maximum absolute atomic E-state index is 12.2. The average molecular weight is 240 g/mol. The Balaban J connectivity index is 2.18. The van der Waals surface area contributed by atoms with Gasteiger partial charge in [0.25, 0.3) is 0 Å². The number of carbonyl (C=O) groups is 1. The van der Waals surface area contributed by atoms with E-state index < -0.39 is 0 Å². The fourth-order valence-corrected chi connectivity index (χ4v) is 2.14. The summed E-state index contributed by atoms with van der Waals surface area (Å²) in [5, 5.41) is 3.69. The van der Waals surface area contributed by atoms with Gasteiger partial charge in [0.15, 0.2) is 5.78 Å². The van der Waals surface area contributed by atoms with Crippen LogP contribution in [0.25, 0.3) is 0 Å². The fourth-order valence-electron chi connectivity index (χ4n) is 1.95. The van der Waals surface area contributed by atoms with Crippen LogP contribution in [0.15, 0.2) is 24.3 Å². The highest BCUT2D eigenvalue weighted by molar-refractivity contribution is 6.31. The Morgan fingerprint density at radius 2 is 2.31 bits per heavy atom. The molecular formula is C12H14ClNO2. The molecule has 0 aliphatic carbocycles. The molecular weight excluding hydrogens is 226 g/mol. The molecule has 2 rings (SSSR count). The SMILES string of the molecule is CNC1COCC1C(=O)c1cccc(Cl)c1. The van der Waals surface area contributed by atoms with Crippen LogP contribution in [0.2, 0.25) is 5.02 Å². The van der Waals surface area contributed by atoms with Crippen LogP contribution < -0.4 is 5.32 Å². The molecule has 16 heavy (non-hydrogen) atoms. The zero-order chi connectivity index (χ0) is 11.5. The quantitative estimate of drug-likeness (QED) is 0.817. The van der Waals surface area contributed by atoms with Crippen LogP contribution in [-0.4, -0.2) is 32.1 Å². The Bertz CT molecular complexity index is 394. The second-order valence-corrected chi connectivity index (χ2v) is 4.35. The molecule has 2 unspecified atom stereocenters. The second-order valence-electron chi connectivity index (χ2n) is 3.91. The number of likely N-dealkylation sites (N-methyl/N-ethyl adjacent to an activating group) is 1. The second kappa shape index (κ2) is 4.95. The molecule has 1 fully saturated rings. The van der Waals surface area contributed by atoms with Crippen LogP contribution in [0.1, 0.15) is 10.4 Å². The lowest BCUT2D eigenvalue weighted by atomic mass is 9.93. The lowest BCUT2D eigenvalue weighted by Crippen LogP contribution is -2.36. The molecule has 0 bridgehead atoms. The monoisotopic (exact) mass is 239 g/mol. The van der Waals surface area contributed by atoms with Crippen molar-refractivity contribution in [3.8, 4) is 0 Å². The molecule has 1 heterocycles. The van der Waals surface area contributed by atoms with Crippen molar-refractivity contribution in [2.24, 2.45) is 5.92 Å². The van der Waals surface area contributed by atoms with E-state index in [2.05, 4.69) is 5.32 Å². The lowest BCUT2D eigenvalue weighted by molar-refractivity contribution is 0.0892. The van der Waals surface area contributed by atoms with Gasteiger partial charge in [-0.05, 0) is 19.2 Å². The van der Waals surface area contributed by atoms with Gasteiger partial charge in [-0.1, -0.05) is 23.7 Å². The molecule has 86 valence electrons. The smallest absolute Gasteiger partial charge is 0.169 e. The van der Waals surface area contributed by atoms with Gasteiger partial charge in [0.05, 0.1) is 19.1 Å². The predicted molar refractivity (Wildman–Crippen MR) is 62.9 cm³/mol. The van der Waals surface area contributed by atoms with E-state index in [1.54, 1.807) is 24.3 Å². The third-order valence-electron chi connectivity index (χ3n) is 2.90. The Hall–Kier alpha value is -0.900. The topological polar surface area (TPSA) is 38.3 Å². The summed E-state index contributed by atoms with van der Waals surface area (Å²) in [6.45, 7) is 1.07. The number of carbonyl (C=O) groups excluding carboxylic acids is 1. The summed E-state index contributed by atoms with van der Waals surface area (Å²) in [4.78, 5) is 12.2. The van der Waals surface area contributed by atoms with E-state index in [1.165, 1.54) is 0 Å². The maximum atomic E-state index is 12.2. The molecule has 3 nitrogen and oxygen atoms in total. The lowest BCUT2D eigenvalue weighted by Gasteiger charge is -2.15. The van der Waals surface area contributed by atoms with E-state index in [4.69, 9.17) is 16.3 Å². The number of benzene rings is 1. The largest absolute Gasteiger partial charge is 0.379 e. The third kappa shape index (κ3) is 2.26. The molecule has 1 aromatic rings. The Labute approximate surface area is 99.7 Å². The number of ether oxygens (including phenoxy) is 1. The summed E-state index contributed by atoms with van der Waals surface area (Å²) in [5.74, 6) is -0.0113. The molecule has 1 N–H and O–H groups in total. The molecule has 0 amide bonds. The summed E-state index contributed by atoms with van der Waals surface area (Å²) in [6.07, 6.45) is 0. The van der Waals surface area contributed by atoms with Crippen molar-refractivity contribution in [2.45, 2.75) is 6.04 Å². The van der Waals surface area contributed by atoms with Gasteiger partial charge in [-0.15, -0.1) is 0 Å². The first-order valence-corrected chi connectivity index (χ1v) is 5.65. The van der Waals surface area contributed by atoms with E-state index in [1.807, 2.05) is 7.05 Å². The van der Waals surface area contributed by atoms with Crippen molar-refractivity contribution in [2.75, 3.05) is 20.3 Å². The van der Waals surface area contributed by atoms with Gasteiger partial charge in [-0.25, -0.2) is 0 Å². The minimum absolute atomic E-state index is 0.0966. The first-order chi connectivity index (χ1) is 7.72. The Morgan fingerprint density at radius 3 is 3.00 bits per heavy atom. The highest BCUT2D eigenvalue weighted by Crippen LogP contribution is 2.20. The average Bonchev–Trinajstić information content (AvgIpc) is 2.76. The van der Waals surface area contributed by atoms with Crippen LogP contribution in [0, 0.1) is 5.92 Å². The van der Waals surface area contributed by atoms with Gasteiger partial charge >= 0.3 is 0 Å². The standard InChI is InChI=1S/C12H14ClNO2/c1-14-11-7-16-6-10(11)12(15)8-3-2-4-9(13)5-8/h2-5,10-11,14H,6-7H2,1H3. The molecule has 1 saturated heterocycles. The summed E-state index contributed by atoms with van der Waals surface area (Å²) >= 11 is 5.87. The maximum Gasteiger partial charge on any atom is 0.169 e. The number of ketones is 1. The first-order valence-electron chi connectivity index (χ1n) is 5.27. The molecule has 2 atom stereocenters.